The normalized spacial score (nSPS) is 9.00. The first-order valence-corrected chi connectivity index (χ1v) is 6.14. The predicted molar refractivity (Wildman–Crippen MR) is 75.6 cm³/mol. The van der Waals surface area contributed by atoms with E-state index in [0.29, 0.717) is 10.0 Å². The second-order valence-corrected chi connectivity index (χ2v) is 4.77. The molecule has 0 fully saturated rings. The molecule has 15 heavy (non-hydrogen) atoms. The summed E-state index contributed by atoms with van der Waals surface area (Å²) >= 11 is 13.4. The summed E-state index contributed by atoms with van der Waals surface area (Å²) in [5.41, 5.74) is 0. The molecule has 0 atom stereocenters. The van der Waals surface area contributed by atoms with Gasteiger partial charge in [-0.05, 0) is 46.9 Å². The third-order valence-corrected chi connectivity index (χ3v) is 3.03. The molecule has 0 bridgehead atoms. The van der Waals surface area contributed by atoms with Crippen molar-refractivity contribution in [2.45, 2.75) is 0 Å². The van der Waals surface area contributed by atoms with E-state index in [1.165, 1.54) is 3.57 Å². The minimum absolute atomic E-state index is 0.606. The molecule has 0 aromatic heterocycles. The Bertz CT molecular complexity index is 380. The summed E-state index contributed by atoms with van der Waals surface area (Å²) < 4.78 is 1.29. The largest absolute Gasteiger partial charge is 0.0827 e. The maximum Gasteiger partial charge on any atom is 0.0592 e. The summed E-state index contributed by atoms with van der Waals surface area (Å²) in [6.07, 6.45) is 0. The van der Waals surface area contributed by atoms with Crippen molar-refractivity contribution in [3.05, 3.63) is 68.2 Å². The van der Waals surface area contributed by atoms with Gasteiger partial charge in [0.25, 0.3) is 0 Å². The third-order valence-electron chi connectivity index (χ3n) is 1.56. The molecule has 3 heteroatoms. The fraction of sp³-hybridized carbons (Fsp3) is 0. The van der Waals surface area contributed by atoms with Crippen molar-refractivity contribution in [1.29, 1.82) is 0 Å². The summed E-state index contributed by atoms with van der Waals surface area (Å²) in [6, 6.07) is 17.4. The maximum atomic E-state index is 5.58. The molecule has 0 unspecified atom stereocenters. The van der Waals surface area contributed by atoms with Crippen LogP contribution in [0, 0.1) is 3.57 Å². The molecular formula is C12H9Cl2I. The molecule has 78 valence electrons. The van der Waals surface area contributed by atoms with Gasteiger partial charge in [-0.25, -0.2) is 0 Å². The smallest absolute Gasteiger partial charge is 0.0592 e. The standard InChI is InChI=1S/C6H4Cl2.C6H5I/c7-5-3-1-2-4-6(5)8;7-6-4-2-1-3-5-6/h1-4H;1-5H. The summed E-state index contributed by atoms with van der Waals surface area (Å²) in [7, 11) is 0. The van der Waals surface area contributed by atoms with Crippen molar-refractivity contribution >= 4 is 45.8 Å². The molecule has 0 nitrogen and oxygen atoms in total. The van der Waals surface area contributed by atoms with E-state index in [1.807, 2.05) is 30.3 Å². The van der Waals surface area contributed by atoms with E-state index in [4.69, 9.17) is 23.2 Å². The molecule has 0 aliphatic heterocycles. The highest BCUT2D eigenvalue weighted by molar-refractivity contribution is 14.1. The van der Waals surface area contributed by atoms with E-state index in [0.717, 1.165) is 0 Å². The third kappa shape index (κ3) is 5.40. The Balaban J connectivity index is 0.000000151. The molecule has 2 rings (SSSR count). The van der Waals surface area contributed by atoms with Gasteiger partial charge >= 0.3 is 0 Å². The number of halogens is 3. The Morgan fingerprint density at radius 1 is 0.667 bits per heavy atom. The van der Waals surface area contributed by atoms with E-state index >= 15 is 0 Å². The first kappa shape index (κ1) is 12.8. The summed E-state index contributed by atoms with van der Waals surface area (Å²) in [4.78, 5) is 0. The van der Waals surface area contributed by atoms with Gasteiger partial charge in [-0.2, -0.15) is 0 Å². The number of rotatable bonds is 0. The fourth-order valence-electron chi connectivity index (χ4n) is 0.854. The van der Waals surface area contributed by atoms with Crippen LogP contribution in [0.3, 0.4) is 0 Å². The van der Waals surface area contributed by atoms with E-state index in [1.54, 1.807) is 12.1 Å². The Labute approximate surface area is 113 Å². The van der Waals surface area contributed by atoms with Gasteiger partial charge in [0.15, 0.2) is 0 Å². The zero-order valence-electron chi connectivity index (χ0n) is 7.83. The molecule has 0 spiro atoms. The van der Waals surface area contributed by atoms with E-state index in [-0.39, 0.29) is 0 Å². The van der Waals surface area contributed by atoms with Gasteiger partial charge in [0.2, 0.25) is 0 Å². The first-order chi connectivity index (χ1) is 7.20. The van der Waals surface area contributed by atoms with Crippen LogP contribution in [-0.2, 0) is 0 Å². The zero-order valence-corrected chi connectivity index (χ0v) is 11.5. The topological polar surface area (TPSA) is 0 Å². The molecule has 2 aromatic rings. The molecule has 2 aromatic carbocycles. The van der Waals surface area contributed by atoms with E-state index in [9.17, 15) is 0 Å². The minimum Gasteiger partial charge on any atom is -0.0827 e. The van der Waals surface area contributed by atoms with E-state index in [2.05, 4.69) is 34.7 Å². The lowest BCUT2D eigenvalue weighted by Crippen LogP contribution is -1.62. The molecule has 0 heterocycles. The molecule has 0 N–H and O–H groups in total. The highest BCUT2D eigenvalue weighted by Gasteiger charge is 1.89. The predicted octanol–water partition coefficient (Wildman–Crippen LogP) is 5.28. The Hall–Kier alpha value is -0.250. The summed E-state index contributed by atoms with van der Waals surface area (Å²) in [6.45, 7) is 0. The van der Waals surface area contributed by atoms with Crippen molar-refractivity contribution in [1.82, 2.24) is 0 Å². The van der Waals surface area contributed by atoms with Crippen LogP contribution < -0.4 is 0 Å². The Kier molecular flexibility index (Phi) is 6.06. The van der Waals surface area contributed by atoms with Gasteiger partial charge in [-0.1, -0.05) is 53.5 Å². The molecular weight excluding hydrogens is 342 g/mol. The van der Waals surface area contributed by atoms with Crippen LogP contribution in [0.4, 0.5) is 0 Å². The average molecular weight is 351 g/mol. The quantitative estimate of drug-likeness (QED) is 0.567. The lowest BCUT2D eigenvalue weighted by molar-refractivity contribution is 1.65. The van der Waals surface area contributed by atoms with Crippen LogP contribution in [0.25, 0.3) is 0 Å². The lowest BCUT2D eigenvalue weighted by atomic mass is 10.4. The molecule has 0 saturated carbocycles. The molecule has 0 aliphatic carbocycles. The van der Waals surface area contributed by atoms with Gasteiger partial charge < -0.3 is 0 Å². The fourth-order valence-corrected chi connectivity index (χ4v) is 1.54. The second kappa shape index (κ2) is 7.09. The second-order valence-electron chi connectivity index (χ2n) is 2.71. The number of hydrogen-bond donors (Lipinski definition) is 0. The van der Waals surface area contributed by atoms with Crippen LogP contribution in [0.15, 0.2) is 54.6 Å². The van der Waals surface area contributed by atoms with Crippen LogP contribution in [0.5, 0.6) is 0 Å². The van der Waals surface area contributed by atoms with Crippen LogP contribution in [-0.4, -0.2) is 0 Å². The van der Waals surface area contributed by atoms with Crippen molar-refractivity contribution in [2.75, 3.05) is 0 Å². The van der Waals surface area contributed by atoms with Crippen molar-refractivity contribution in [3.63, 3.8) is 0 Å². The van der Waals surface area contributed by atoms with E-state index < -0.39 is 0 Å². The monoisotopic (exact) mass is 350 g/mol. The van der Waals surface area contributed by atoms with Crippen molar-refractivity contribution < 1.29 is 0 Å². The first-order valence-electron chi connectivity index (χ1n) is 4.30. The van der Waals surface area contributed by atoms with Crippen LogP contribution in [0.1, 0.15) is 0 Å². The summed E-state index contributed by atoms with van der Waals surface area (Å²) in [5, 5.41) is 1.21. The Morgan fingerprint density at radius 2 is 1.07 bits per heavy atom. The molecule has 0 radical (unpaired) electrons. The molecule has 0 amide bonds. The average Bonchev–Trinajstić information content (AvgIpc) is 2.25. The van der Waals surface area contributed by atoms with Gasteiger partial charge in [-0.3, -0.25) is 0 Å². The number of benzene rings is 2. The number of hydrogen-bond acceptors (Lipinski definition) is 0. The zero-order chi connectivity index (χ0) is 11.1. The van der Waals surface area contributed by atoms with Crippen LogP contribution >= 0.6 is 45.8 Å². The van der Waals surface area contributed by atoms with Gasteiger partial charge in [0.1, 0.15) is 0 Å². The van der Waals surface area contributed by atoms with Crippen molar-refractivity contribution in [2.24, 2.45) is 0 Å². The van der Waals surface area contributed by atoms with Gasteiger partial charge in [-0.15, -0.1) is 0 Å². The molecule has 0 aliphatic rings. The van der Waals surface area contributed by atoms with Crippen molar-refractivity contribution in [3.8, 4) is 0 Å². The Morgan fingerprint density at radius 3 is 1.33 bits per heavy atom. The maximum absolute atomic E-state index is 5.58. The molecule has 0 saturated heterocycles. The van der Waals surface area contributed by atoms with Crippen LogP contribution in [0.2, 0.25) is 10.0 Å². The lowest BCUT2D eigenvalue weighted by Gasteiger charge is -1.88. The van der Waals surface area contributed by atoms with Gasteiger partial charge in [0, 0.05) is 3.57 Å². The minimum atomic E-state index is 0.606. The van der Waals surface area contributed by atoms with Gasteiger partial charge in [0.05, 0.1) is 10.0 Å². The SMILES string of the molecule is Clc1ccccc1Cl.Ic1ccccc1. The highest BCUT2D eigenvalue weighted by atomic mass is 127. The highest BCUT2D eigenvalue weighted by Crippen LogP contribution is 2.19. The summed E-state index contributed by atoms with van der Waals surface area (Å²) in [5.74, 6) is 0.